The van der Waals surface area contributed by atoms with Crippen LogP contribution < -0.4 is 14.8 Å². The van der Waals surface area contributed by atoms with Gasteiger partial charge >= 0.3 is 0 Å². The number of para-hydroxylation sites is 1. The fourth-order valence-electron chi connectivity index (χ4n) is 2.96. The van der Waals surface area contributed by atoms with E-state index in [0.717, 1.165) is 0 Å². The Morgan fingerprint density at radius 2 is 1.75 bits per heavy atom. The monoisotopic (exact) mass is 565 g/mol. The lowest BCUT2D eigenvalue weighted by Crippen LogP contribution is -2.52. The number of methoxy groups -OCH3 is 1. The predicted octanol–water partition coefficient (Wildman–Crippen LogP) is 2.92. The number of halogens is 1. The molecule has 0 spiro atoms. The second kappa shape index (κ2) is 10.1. The van der Waals surface area contributed by atoms with Gasteiger partial charge in [0.1, 0.15) is 5.57 Å². The summed E-state index contributed by atoms with van der Waals surface area (Å²) in [7, 11) is 4.50. The Bertz CT molecular complexity index is 1090. The van der Waals surface area contributed by atoms with Crippen LogP contribution in [0.3, 0.4) is 0 Å². The van der Waals surface area contributed by atoms with E-state index >= 15 is 0 Å². The highest BCUT2D eigenvalue weighted by molar-refractivity contribution is 14.1. The van der Waals surface area contributed by atoms with Gasteiger partial charge in [0.05, 0.1) is 10.7 Å². The molecule has 1 heterocycles. The van der Waals surface area contributed by atoms with E-state index in [1.165, 1.54) is 37.1 Å². The van der Waals surface area contributed by atoms with Crippen LogP contribution in [0, 0.1) is 3.57 Å². The maximum Gasteiger partial charge on any atom is 0.265 e. The predicted molar refractivity (Wildman–Crippen MR) is 132 cm³/mol. The molecule has 0 radical (unpaired) electrons. The number of nitrogens with zero attached hydrogens (tertiary/aromatic N) is 2. The summed E-state index contributed by atoms with van der Waals surface area (Å²) in [4.78, 5) is 39.8. The molecular weight excluding hydrogens is 545 g/mol. The van der Waals surface area contributed by atoms with E-state index in [2.05, 4.69) is 5.32 Å². The standard InChI is InChI=1S/C22H20IN3O5S/c1-25-20(28)15(21(29)26(2)22(25)32)9-13-10-16(23)19(17(11-13)30-3)31-12-18(27)24-14-7-5-4-6-8-14/h4-11H,12H2,1-3H3,(H,24,27). The van der Waals surface area contributed by atoms with Gasteiger partial charge in [0.15, 0.2) is 23.2 Å². The zero-order chi connectivity index (χ0) is 23.4. The van der Waals surface area contributed by atoms with E-state index in [-0.39, 0.29) is 23.2 Å². The van der Waals surface area contributed by atoms with E-state index < -0.39 is 11.8 Å². The first-order chi connectivity index (χ1) is 15.2. The van der Waals surface area contributed by atoms with Crippen molar-refractivity contribution in [2.75, 3.05) is 33.1 Å². The van der Waals surface area contributed by atoms with E-state index in [4.69, 9.17) is 21.7 Å². The first-order valence-electron chi connectivity index (χ1n) is 9.40. The van der Waals surface area contributed by atoms with Crippen LogP contribution in [0.25, 0.3) is 6.08 Å². The van der Waals surface area contributed by atoms with Gasteiger partial charge < -0.3 is 14.8 Å². The van der Waals surface area contributed by atoms with Gasteiger partial charge in [-0.15, -0.1) is 0 Å². The minimum absolute atomic E-state index is 0.0163. The first-order valence-corrected chi connectivity index (χ1v) is 10.9. The third kappa shape index (κ3) is 5.07. The molecule has 10 heteroatoms. The summed E-state index contributed by atoms with van der Waals surface area (Å²) >= 11 is 7.15. The van der Waals surface area contributed by atoms with Gasteiger partial charge in [0.2, 0.25) is 0 Å². The summed E-state index contributed by atoms with van der Waals surface area (Å²) in [6, 6.07) is 12.4. The average Bonchev–Trinajstić information content (AvgIpc) is 2.78. The molecule has 2 aromatic carbocycles. The molecule has 1 aliphatic rings. The molecule has 166 valence electrons. The molecule has 1 fully saturated rings. The number of carbonyl (C=O) groups is 3. The molecule has 1 N–H and O–H groups in total. The Labute approximate surface area is 204 Å². The van der Waals surface area contributed by atoms with Crippen molar-refractivity contribution >= 4 is 69.4 Å². The number of rotatable bonds is 6. The maximum absolute atomic E-state index is 12.6. The van der Waals surface area contributed by atoms with Crippen LogP contribution in [0.4, 0.5) is 5.69 Å². The lowest BCUT2D eigenvalue weighted by Gasteiger charge is -2.31. The van der Waals surface area contributed by atoms with Crippen molar-refractivity contribution in [3.8, 4) is 11.5 Å². The number of nitrogens with one attached hydrogen (secondary N) is 1. The Kier molecular flexibility index (Phi) is 7.46. The molecule has 2 aromatic rings. The largest absolute Gasteiger partial charge is 0.493 e. The molecular formula is C22H20IN3O5S. The van der Waals surface area contributed by atoms with E-state index in [1.807, 2.05) is 40.8 Å². The molecule has 0 aliphatic carbocycles. The van der Waals surface area contributed by atoms with Crippen LogP contribution in [0.2, 0.25) is 0 Å². The Balaban J connectivity index is 1.81. The van der Waals surface area contributed by atoms with Gasteiger partial charge in [-0.25, -0.2) is 0 Å². The second-order valence-electron chi connectivity index (χ2n) is 6.81. The van der Waals surface area contributed by atoms with Gasteiger partial charge in [-0.2, -0.15) is 0 Å². The summed E-state index contributed by atoms with van der Waals surface area (Å²) < 4.78 is 11.8. The van der Waals surface area contributed by atoms with E-state index in [9.17, 15) is 14.4 Å². The number of benzene rings is 2. The zero-order valence-corrected chi connectivity index (χ0v) is 20.5. The number of hydrogen-bond acceptors (Lipinski definition) is 6. The molecule has 0 bridgehead atoms. The van der Waals surface area contributed by atoms with Gasteiger partial charge in [-0.3, -0.25) is 24.2 Å². The number of anilines is 1. The minimum Gasteiger partial charge on any atom is -0.493 e. The molecule has 0 saturated carbocycles. The summed E-state index contributed by atoms with van der Waals surface area (Å²) in [5.41, 5.74) is 1.22. The van der Waals surface area contributed by atoms with Gasteiger partial charge in [-0.1, -0.05) is 18.2 Å². The molecule has 0 atom stereocenters. The van der Waals surface area contributed by atoms with Crippen LogP contribution in [-0.4, -0.2) is 60.4 Å². The van der Waals surface area contributed by atoms with Gasteiger partial charge in [0, 0.05) is 19.8 Å². The molecule has 0 unspecified atom stereocenters. The van der Waals surface area contributed by atoms with Crippen molar-refractivity contribution in [1.29, 1.82) is 0 Å². The SMILES string of the molecule is COc1cc(C=C2C(=O)N(C)C(=S)N(C)C2=O)cc(I)c1OCC(=O)Nc1ccccc1. The van der Waals surface area contributed by atoms with Crippen LogP contribution >= 0.6 is 34.8 Å². The number of likely N-dealkylation sites (N-methyl/N-ethyl adjacent to an activating group) is 2. The third-order valence-corrected chi connectivity index (χ3v) is 5.96. The Morgan fingerprint density at radius 3 is 2.34 bits per heavy atom. The molecule has 1 saturated heterocycles. The summed E-state index contributed by atoms with van der Waals surface area (Å²) in [6.45, 7) is -0.217. The van der Waals surface area contributed by atoms with E-state index in [1.54, 1.807) is 24.3 Å². The summed E-state index contributed by atoms with van der Waals surface area (Å²) in [6.07, 6.45) is 1.48. The van der Waals surface area contributed by atoms with Crippen LogP contribution in [0.5, 0.6) is 11.5 Å². The quantitative estimate of drug-likeness (QED) is 0.251. The lowest BCUT2D eigenvalue weighted by atomic mass is 10.1. The van der Waals surface area contributed by atoms with Gasteiger partial charge in [0.25, 0.3) is 17.7 Å². The Morgan fingerprint density at radius 1 is 1.12 bits per heavy atom. The lowest BCUT2D eigenvalue weighted by molar-refractivity contribution is -0.132. The number of hydrogen-bond donors (Lipinski definition) is 1. The molecule has 1 aliphatic heterocycles. The highest BCUT2D eigenvalue weighted by Gasteiger charge is 2.35. The summed E-state index contributed by atoms with van der Waals surface area (Å²) in [5, 5.41) is 2.89. The topological polar surface area (TPSA) is 88.2 Å². The number of amides is 3. The highest BCUT2D eigenvalue weighted by Crippen LogP contribution is 2.35. The van der Waals surface area contributed by atoms with Crippen molar-refractivity contribution in [3.63, 3.8) is 0 Å². The minimum atomic E-state index is -0.481. The van der Waals surface area contributed by atoms with E-state index in [0.29, 0.717) is 26.3 Å². The van der Waals surface area contributed by atoms with Gasteiger partial charge in [-0.05, 0) is 70.7 Å². The smallest absolute Gasteiger partial charge is 0.265 e. The van der Waals surface area contributed by atoms with Crippen molar-refractivity contribution in [3.05, 3.63) is 57.2 Å². The number of thiocarbonyl (C=S) groups is 1. The number of ether oxygens (including phenoxy) is 2. The molecule has 32 heavy (non-hydrogen) atoms. The zero-order valence-electron chi connectivity index (χ0n) is 17.5. The maximum atomic E-state index is 12.6. The number of carbonyl (C=O) groups excluding carboxylic acids is 3. The van der Waals surface area contributed by atoms with Crippen LogP contribution in [0.15, 0.2) is 48.0 Å². The van der Waals surface area contributed by atoms with Crippen molar-refractivity contribution in [2.24, 2.45) is 0 Å². The van der Waals surface area contributed by atoms with Crippen LogP contribution in [-0.2, 0) is 14.4 Å². The van der Waals surface area contributed by atoms with Crippen LogP contribution in [0.1, 0.15) is 5.56 Å². The first kappa shape index (κ1) is 23.7. The molecule has 8 nitrogen and oxygen atoms in total. The summed E-state index contributed by atoms with van der Waals surface area (Å²) in [5.74, 6) is -0.532. The molecule has 3 rings (SSSR count). The van der Waals surface area contributed by atoms with Crippen molar-refractivity contribution < 1.29 is 23.9 Å². The second-order valence-corrected chi connectivity index (χ2v) is 8.33. The third-order valence-electron chi connectivity index (χ3n) is 4.61. The van der Waals surface area contributed by atoms with Crippen molar-refractivity contribution in [1.82, 2.24) is 9.80 Å². The molecule has 0 aromatic heterocycles. The van der Waals surface area contributed by atoms with Crippen molar-refractivity contribution in [2.45, 2.75) is 0 Å². The highest BCUT2D eigenvalue weighted by atomic mass is 127. The average molecular weight is 565 g/mol. The molecule has 3 amide bonds. The fraction of sp³-hybridized carbons (Fsp3) is 0.182. The normalized spacial score (nSPS) is 13.9. The Hall–Kier alpha value is -2.99. The fourth-order valence-corrected chi connectivity index (χ4v) is 3.91.